The van der Waals surface area contributed by atoms with Crippen LogP contribution in [-0.4, -0.2) is 78.1 Å². The van der Waals surface area contributed by atoms with Crippen LogP contribution in [0.2, 0.25) is 0 Å². The lowest BCUT2D eigenvalue weighted by Crippen LogP contribution is -2.49. The third-order valence-electron chi connectivity index (χ3n) is 8.37. The third kappa shape index (κ3) is 8.03. The van der Waals surface area contributed by atoms with Crippen LogP contribution < -0.4 is 20.5 Å². The number of urea groups is 1. The molecule has 12 heteroatoms. The van der Waals surface area contributed by atoms with E-state index >= 15 is 0 Å². The second-order valence-electron chi connectivity index (χ2n) is 11.6. The van der Waals surface area contributed by atoms with Crippen LogP contribution in [0.25, 0.3) is 10.9 Å². The number of likely N-dealkylation sites (tertiary alicyclic amines) is 1. The van der Waals surface area contributed by atoms with Crippen LogP contribution in [0.3, 0.4) is 0 Å². The Hall–Kier alpha value is -3.92. The van der Waals surface area contributed by atoms with Gasteiger partial charge in [0.1, 0.15) is 22.8 Å². The number of nitrogens with one attached hydrogen (secondary N) is 2. The molecular formula is C33H36FN5O5S. The summed E-state index contributed by atoms with van der Waals surface area (Å²) < 4.78 is 26.3. The van der Waals surface area contributed by atoms with Crippen LogP contribution in [0.4, 0.5) is 14.9 Å². The Labute approximate surface area is 265 Å². The summed E-state index contributed by atoms with van der Waals surface area (Å²) in [6.45, 7) is 4.77. The number of hydrogen-bond donors (Lipinski definition) is 2. The molecule has 3 amide bonds. The van der Waals surface area contributed by atoms with E-state index in [1.807, 2.05) is 24.3 Å². The zero-order chi connectivity index (χ0) is 31.2. The fourth-order valence-corrected chi connectivity index (χ4v) is 6.81. The fourth-order valence-electron chi connectivity index (χ4n) is 5.75. The van der Waals surface area contributed by atoms with Gasteiger partial charge in [-0.05, 0) is 69.0 Å². The number of piperidine rings is 1. The summed E-state index contributed by atoms with van der Waals surface area (Å²) in [7, 11) is 0. The Morgan fingerprint density at radius 2 is 1.82 bits per heavy atom. The molecule has 1 aromatic heterocycles. The summed E-state index contributed by atoms with van der Waals surface area (Å²) in [5, 5.41) is 2.76. The average molecular weight is 634 g/mol. The van der Waals surface area contributed by atoms with Gasteiger partial charge in [-0.15, -0.1) is 0 Å². The molecule has 3 fully saturated rings. The van der Waals surface area contributed by atoms with Gasteiger partial charge in [-0.2, -0.15) is 11.8 Å². The Bertz CT molecular complexity index is 1660. The highest BCUT2D eigenvalue weighted by molar-refractivity contribution is 7.99. The maximum atomic E-state index is 14.9. The Balaban J connectivity index is 0.970. The van der Waals surface area contributed by atoms with Gasteiger partial charge in [-0.1, -0.05) is 11.8 Å². The van der Waals surface area contributed by atoms with Gasteiger partial charge in [-0.25, -0.2) is 14.2 Å². The molecule has 2 aromatic carbocycles. The molecule has 3 aliphatic heterocycles. The van der Waals surface area contributed by atoms with E-state index in [2.05, 4.69) is 32.0 Å². The van der Waals surface area contributed by atoms with Gasteiger partial charge in [0.25, 0.3) is 5.56 Å². The summed E-state index contributed by atoms with van der Waals surface area (Å²) in [4.78, 5) is 47.2. The number of thioether (sulfide) groups is 1. The summed E-state index contributed by atoms with van der Waals surface area (Å²) in [5.74, 6) is 7.36. The van der Waals surface area contributed by atoms with Gasteiger partial charge in [0.05, 0.1) is 24.4 Å². The number of rotatable bonds is 8. The molecule has 0 aliphatic carbocycles. The smallest absolute Gasteiger partial charge is 0.328 e. The lowest BCUT2D eigenvalue weighted by molar-refractivity contribution is -0.120. The molecule has 2 N–H and O–H groups in total. The number of nitrogens with zero attached hydrogens (tertiary/aromatic N) is 3. The minimum absolute atomic E-state index is 0.0420. The SMILES string of the molecule is O=C1CCN(c2ccc(C#CCN3CCC(COc4cc(F)c5c(=O)[nH]c(CSC6CCOCC6)nc5c4)CC3)cc2)C(=O)N1. The maximum absolute atomic E-state index is 14.9. The number of H-pyrrole nitrogens is 1. The number of carbonyl (C=O) groups is 2. The lowest BCUT2D eigenvalue weighted by Gasteiger charge is -2.30. The van der Waals surface area contributed by atoms with E-state index in [1.54, 1.807) is 22.7 Å². The van der Waals surface area contributed by atoms with Crippen LogP contribution >= 0.6 is 11.8 Å². The van der Waals surface area contributed by atoms with E-state index in [-0.39, 0.29) is 17.7 Å². The highest BCUT2D eigenvalue weighted by Gasteiger charge is 2.24. The predicted molar refractivity (Wildman–Crippen MR) is 171 cm³/mol. The average Bonchev–Trinajstić information content (AvgIpc) is 3.04. The standard InChI is InChI=1S/C33H36FN5O5S/c34-27-18-25(19-28-31(27)32(41)36-29(35-28)21-45-26-10-16-43-17-11-26)44-20-23-7-13-38(14-8-23)12-1-2-22-3-5-24(6-4-22)39-15-9-30(40)37-33(39)42/h3-6,18-19,23,26H,7-17,20-21H2,(H,35,36,41)(H,37,40,42). The minimum Gasteiger partial charge on any atom is -0.493 e. The summed E-state index contributed by atoms with van der Waals surface area (Å²) in [6, 6.07) is 9.97. The first-order chi connectivity index (χ1) is 21.9. The minimum atomic E-state index is -0.628. The monoisotopic (exact) mass is 633 g/mol. The van der Waals surface area contributed by atoms with Crippen LogP contribution in [0, 0.1) is 23.6 Å². The lowest BCUT2D eigenvalue weighted by atomic mass is 9.98. The predicted octanol–water partition coefficient (Wildman–Crippen LogP) is 4.06. The third-order valence-corrected chi connectivity index (χ3v) is 9.75. The zero-order valence-corrected chi connectivity index (χ0v) is 25.8. The first-order valence-electron chi connectivity index (χ1n) is 15.4. The Morgan fingerprint density at radius 1 is 1.04 bits per heavy atom. The molecule has 0 unspecified atom stereocenters. The fraction of sp³-hybridized carbons (Fsp3) is 0.455. The zero-order valence-electron chi connectivity index (χ0n) is 25.0. The van der Waals surface area contributed by atoms with E-state index < -0.39 is 17.4 Å². The van der Waals surface area contributed by atoms with Gasteiger partial charge in [0.15, 0.2) is 0 Å². The summed E-state index contributed by atoms with van der Waals surface area (Å²) >= 11 is 1.74. The van der Waals surface area contributed by atoms with Crippen LogP contribution in [0.1, 0.15) is 43.5 Å². The van der Waals surface area contributed by atoms with Crippen molar-refractivity contribution < 1.29 is 23.5 Å². The molecule has 0 spiro atoms. The molecule has 0 atom stereocenters. The number of fused-ring (bicyclic) bond motifs is 1. The quantitative estimate of drug-likeness (QED) is 0.357. The van der Waals surface area contributed by atoms with Crippen molar-refractivity contribution >= 4 is 40.3 Å². The second-order valence-corrected chi connectivity index (χ2v) is 12.9. The molecule has 3 saturated heterocycles. The molecule has 0 radical (unpaired) electrons. The number of aromatic nitrogens is 2. The largest absolute Gasteiger partial charge is 0.493 e. The van der Waals surface area contributed by atoms with Gasteiger partial charge < -0.3 is 14.5 Å². The summed E-state index contributed by atoms with van der Waals surface area (Å²) in [5.41, 5.74) is 1.44. The van der Waals surface area contributed by atoms with Crippen LogP contribution in [0.15, 0.2) is 41.2 Å². The summed E-state index contributed by atoms with van der Waals surface area (Å²) in [6.07, 6.45) is 4.13. The number of imide groups is 1. The van der Waals surface area contributed by atoms with E-state index in [9.17, 15) is 18.8 Å². The second kappa shape index (κ2) is 14.5. The van der Waals surface area contributed by atoms with E-state index in [0.717, 1.165) is 63.2 Å². The molecule has 10 nitrogen and oxygen atoms in total. The molecule has 6 rings (SSSR count). The Morgan fingerprint density at radius 3 is 2.58 bits per heavy atom. The molecule has 45 heavy (non-hydrogen) atoms. The van der Waals surface area contributed by atoms with Gasteiger partial charge in [0.2, 0.25) is 5.91 Å². The topological polar surface area (TPSA) is 117 Å². The molecule has 4 heterocycles. The van der Waals surface area contributed by atoms with E-state index in [1.165, 1.54) is 6.07 Å². The molecule has 3 aliphatic rings. The number of carbonyl (C=O) groups excluding carboxylic acids is 2. The van der Waals surface area contributed by atoms with Crippen molar-refractivity contribution in [2.24, 2.45) is 5.92 Å². The normalized spacial score (nSPS) is 18.5. The number of halogens is 1. The van der Waals surface area contributed by atoms with Crippen molar-refractivity contribution in [2.75, 3.05) is 50.9 Å². The molecule has 236 valence electrons. The maximum Gasteiger partial charge on any atom is 0.328 e. The van der Waals surface area contributed by atoms with Crippen molar-refractivity contribution in [3.8, 4) is 17.6 Å². The van der Waals surface area contributed by atoms with Gasteiger partial charge >= 0.3 is 6.03 Å². The van der Waals surface area contributed by atoms with Crippen LogP contribution in [-0.2, 0) is 15.3 Å². The highest BCUT2D eigenvalue weighted by Crippen LogP contribution is 2.27. The van der Waals surface area contributed by atoms with E-state index in [0.29, 0.717) is 53.7 Å². The van der Waals surface area contributed by atoms with Gasteiger partial charge in [-0.3, -0.25) is 24.7 Å². The van der Waals surface area contributed by atoms with Crippen molar-refractivity contribution in [3.63, 3.8) is 0 Å². The highest BCUT2D eigenvalue weighted by atomic mass is 32.2. The first kappa shape index (κ1) is 31.1. The number of amides is 3. The number of benzene rings is 2. The van der Waals surface area contributed by atoms with Crippen molar-refractivity contribution in [1.29, 1.82) is 0 Å². The first-order valence-corrected chi connectivity index (χ1v) is 16.4. The van der Waals surface area contributed by atoms with Crippen molar-refractivity contribution in [2.45, 2.75) is 43.1 Å². The Kier molecular flexibility index (Phi) is 9.98. The van der Waals surface area contributed by atoms with E-state index in [4.69, 9.17) is 9.47 Å². The molecule has 0 bridgehead atoms. The van der Waals surface area contributed by atoms with Crippen LogP contribution in [0.5, 0.6) is 5.75 Å². The molecule has 3 aromatic rings. The molecule has 0 saturated carbocycles. The van der Waals surface area contributed by atoms with Crippen molar-refractivity contribution in [1.82, 2.24) is 20.2 Å². The number of ether oxygens (including phenoxy) is 2. The number of anilines is 1. The van der Waals surface area contributed by atoms with Crippen molar-refractivity contribution in [3.05, 3.63) is 64.0 Å². The molecular weight excluding hydrogens is 597 g/mol. The van der Waals surface area contributed by atoms with Gasteiger partial charge in [0, 0.05) is 54.8 Å². The number of aromatic amines is 1. The number of hydrogen-bond acceptors (Lipinski definition) is 8.